The van der Waals surface area contributed by atoms with E-state index in [-0.39, 0.29) is 18.0 Å². The molecule has 2 heteroatoms. The molecule has 2 rings (SSSR count). The average Bonchev–Trinajstić information content (AvgIpc) is 2.32. The van der Waals surface area contributed by atoms with Crippen molar-refractivity contribution in [1.82, 2.24) is 0 Å². The molecule has 0 spiro atoms. The second kappa shape index (κ2) is 5.05. The highest BCUT2D eigenvalue weighted by Crippen LogP contribution is 2.32. The van der Waals surface area contributed by atoms with Crippen molar-refractivity contribution in [1.29, 1.82) is 0 Å². The van der Waals surface area contributed by atoms with E-state index in [2.05, 4.69) is 0 Å². The van der Waals surface area contributed by atoms with Crippen molar-refractivity contribution in [2.75, 3.05) is 0 Å². The van der Waals surface area contributed by atoms with Crippen LogP contribution in [0.3, 0.4) is 0 Å². The van der Waals surface area contributed by atoms with E-state index in [1.807, 2.05) is 37.3 Å². The summed E-state index contributed by atoms with van der Waals surface area (Å²) >= 11 is 0. The smallest absolute Gasteiger partial charge is 0.134 e. The maximum atomic E-state index is 11.3. The molecule has 2 nitrogen and oxygen atoms in total. The second-order valence-corrected chi connectivity index (χ2v) is 4.50. The lowest BCUT2D eigenvalue weighted by atomic mass is 9.93. The van der Waals surface area contributed by atoms with Gasteiger partial charge in [0.05, 0.1) is 0 Å². The molecule has 0 unspecified atom stereocenters. The van der Waals surface area contributed by atoms with Crippen LogP contribution in [0, 0.1) is 6.92 Å². The van der Waals surface area contributed by atoms with Crippen molar-refractivity contribution in [3.63, 3.8) is 0 Å². The average molecular weight is 240 g/mol. The van der Waals surface area contributed by atoms with Crippen molar-refractivity contribution in [2.45, 2.75) is 20.3 Å². The topological polar surface area (TPSA) is 37.3 Å². The summed E-state index contributed by atoms with van der Waals surface area (Å²) in [4.78, 5) is 11.3. The fraction of sp³-hybridized carbons (Fsp3) is 0.188. The van der Waals surface area contributed by atoms with Gasteiger partial charge in [0.1, 0.15) is 11.5 Å². The first kappa shape index (κ1) is 12.4. The van der Waals surface area contributed by atoms with E-state index in [9.17, 15) is 9.90 Å². The van der Waals surface area contributed by atoms with E-state index in [1.165, 1.54) is 6.92 Å². The molecule has 2 aromatic rings. The van der Waals surface area contributed by atoms with Crippen molar-refractivity contribution < 1.29 is 9.90 Å². The SMILES string of the molecule is CC(=O)Cc1c(O)cccc1-c1ccccc1C. The zero-order chi connectivity index (χ0) is 13.1. The number of benzene rings is 2. The molecule has 2 aromatic carbocycles. The zero-order valence-electron chi connectivity index (χ0n) is 10.6. The largest absolute Gasteiger partial charge is 0.508 e. The van der Waals surface area contributed by atoms with E-state index in [0.717, 1.165) is 16.7 Å². The number of Topliss-reactive ketones (excluding diaryl/α,β-unsaturated/α-hetero) is 1. The molecule has 0 amide bonds. The summed E-state index contributed by atoms with van der Waals surface area (Å²) in [5.41, 5.74) is 3.83. The van der Waals surface area contributed by atoms with E-state index < -0.39 is 0 Å². The summed E-state index contributed by atoms with van der Waals surface area (Å²) in [7, 11) is 0. The Bertz CT molecular complexity index is 585. The van der Waals surface area contributed by atoms with Crippen LogP contribution in [0.1, 0.15) is 18.1 Å². The first-order valence-corrected chi connectivity index (χ1v) is 5.96. The van der Waals surface area contributed by atoms with E-state index in [4.69, 9.17) is 0 Å². The molecule has 92 valence electrons. The molecular weight excluding hydrogens is 224 g/mol. The lowest BCUT2D eigenvalue weighted by Gasteiger charge is -2.12. The third kappa shape index (κ3) is 2.43. The lowest BCUT2D eigenvalue weighted by molar-refractivity contribution is -0.116. The lowest BCUT2D eigenvalue weighted by Crippen LogP contribution is -2.00. The molecule has 0 aromatic heterocycles. The molecule has 0 atom stereocenters. The van der Waals surface area contributed by atoms with E-state index in [1.54, 1.807) is 12.1 Å². The van der Waals surface area contributed by atoms with Crippen LogP contribution in [-0.2, 0) is 11.2 Å². The summed E-state index contributed by atoms with van der Waals surface area (Å²) in [6.07, 6.45) is 0.260. The molecule has 0 saturated heterocycles. The normalized spacial score (nSPS) is 10.3. The van der Waals surface area contributed by atoms with Crippen LogP contribution >= 0.6 is 0 Å². The molecular formula is C16H16O2. The van der Waals surface area contributed by atoms with Gasteiger partial charge < -0.3 is 5.11 Å². The van der Waals surface area contributed by atoms with Crippen LogP contribution in [-0.4, -0.2) is 10.9 Å². The fourth-order valence-electron chi connectivity index (χ4n) is 2.14. The van der Waals surface area contributed by atoms with Gasteiger partial charge in [0.25, 0.3) is 0 Å². The number of carbonyl (C=O) groups excluding carboxylic acids is 1. The Kier molecular flexibility index (Phi) is 3.47. The number of hydrogen-bond donors (Lipinski definition) is 1. The van der Waals surface area contributed by atoms with Crippen molar-refractivity contribution in [3.05, 3.63) is 53.6 Å². The van der Waals surface area contributed by atoms with E-state index in [0.29, 0.717) is 5.56 Å². The molecule has 0 heterocycles. The van der Waals surface area contributed by atoms with Gasteiger partial charge in [0, 0.05) is 12.0 Å². The minimum atomic E-state index is 0.0475. The number of carbonyl (C=O) groups is 1. The van der Waals surface area contributed by atoms with Crippen molar-refractivity contribution >= 4 is 5.78 Å². The summed E-state index contributed by atoms with van der Waals surface area (Å²) in [5.74, 6) is 0.234. The Morgan fingerprint density at radius 3 is 2.39 bits per heavy atom. The first-order valence-electron chi connectivity index (χ1n) is 5.96. The third-order valence-corrected chi connectivity index (χ3v) is 3.01. The number of phenols is 1. The third-order valence-electron chi connectivity index (χ3n) is 3.01. The number of aromatic hydroxyl groups is 1. The van der Waals surface area contributed by atoms with Crippen LogP contribution in [0.15, 0.2) is 42.5 Å². The molecule has 0 bridgehead atoms. The molecule has 0 fully saturated rings. The Morgan fingerprint density at radius 2 is 1.72 bits per heavy atom. The monoisotopic (exact) mass is 240 g/mol. The highest BCUT2D eigenvalue weighted by atomic mass is 16.3. The standard InChI is InChI=1S/C16H16O2/c1-11-6-3-4-7-13(11)14-8-5-9-16(18)15(14)10-12(2)17/h3-9,18H,10H2,1-2H3. The van der Waals surface area contributed by atoms with Gasteiger partial charge in [0.2, 0.25) is 0 Å². The molecule has 0 aliphatic rings. The quantitative estimate of drug-likeness (QED) is 0.891. The molecule has 0 radical (unpaired) electrons. The van der Waals surface area contributed by atoms with Gasteiger partial charge in [0.15, 0.2) is 0 Å². The Hall–Kier alpha value is -2.09. The predicted octanol–water partition coefficient (Wildman–Crippen LogP) is 3.50. The van der Waals surface area contributed by atoms with E-state index >= 15 is 0 Å². The van der Waals surface area contributed by atoms with Gasteiger partial charge in [-0.05, 0) is 36.6 Å². The summed E-state index contributed by atoms with van der Waals surface area (Å²) in [6.45, 7) is 3.56. The van der Waals surface area contributed by atoms with Gasteiger partial charge in [-0.15, -0.1) is 0 Å². The molecule has 0 aliphatic carbocycles. The Balaban J connectivity index is 2.61. The van der Waals surface area contributed by atoms with Crippen molar-refractivity contribution in [3.8, 4) is 16.9 Å². The number of ketones is 1. The highest BCUT2D eigenvalue weighted by Gasteiger charge is 2.12. The Morgan fingerprint density at radius 1 is 1.06 bits per heavy atom. The van der Waals surface area contributed by atoms with Gasteiger partial charge in [-0.1, -0.05) is 36.4 Å². The highest BCUT2D eigenvalue weighted by molar-refractivity contribution is 5.83. The minimum Gasteiger partial charge on any atom is -0.508 e. The Labute approximate surface area is 107 Å². The number of aryl methyl sites for hydroxylation is 1. The van der Waals surface area contributed by atoms with Crippen molar-refractivity contribution in [2.24, 2.45) is 0 Å². The second-order valence-electron chi connectivity index (χ2n) is 4.50. The summed E-state index contributed by atoms with van der Waals surface area (Å²) < 4.78 is 0. The van der Waals surface area contributed by atoms with Gasteiger partial charge in [-0.3, -0.25) is 4.79 Å². The van der Waals surface area contributed by atoms with Gasteiger partial charge >= 0.3 is 0 Å². The van der Waals surface area contributed by atoms with Crippen LogP contribution in [0.5, 0.6) is 5.75 Å². The van der Waals surface area contributed by atoms with Crippen LogP contribution < -0.4 is 0 Å². The van der Waals surface area contributed by atoms with Gasteiger partial charge in [-0.25, -0.2) is 0 Å². The molecule has 1 N–H and O–H groups in total. The van der Waals surface area contributed by atoms with Crippen LogP contribution in [0.2, 0.25) is 0 Å². The summed E-state index contributed by atoms with van der Waals surface area (Å²) in [6, 6.07) is 13.3. The fourth-order valence-corrected chi connectivity index (χ4v) is 2.14. The molecule has 18 heavy (non-hydrogen) atoms. The number of hydrogen-bond acceptors (Lipinski definition) is 2. The van der Waals surface area contributed by atoms with Crippen LogP contribution in [0.4, 0.5) is 0 Å². The molecule has 0 saturated carbocycles. The predicted molar refractivity (Wildman–Crippen MR) is 72.7 cm³/mol. The zero-order valence-corrected chi connectivity index (χ0v) is 10.6. The first-order chi connectivity index (χ1) is 8.59. The number of phenolic OH excluding ortho intramolecular Hbond substituents is 1. The molecule has 0 aliphatic heterocycles. The van der Waals surface area contributed by atoms with Gasteiger partial charge in [-0.2, -0.15) is 0 Å². The maximum absolute atomic E-state index is 11.3. The minimum absolute atomic E-state index is 0.0475. The van der Waals surface area contributed by atoms with Crippen LogP contribution in [0.25, 0.3) is 11.1 Å². The number of rotatable bonds is 3. The maximum Gasteiger partial charge on any atom is 0.134 e. The summed E-state index contributed by atoms with van der Waals surface area (Å²) in [5, 5.41) is 9.94.